The van der Waals surface area contributed by atoms with Crippen molar-refractivity contribution in [1.82, 2.24) is 5.32 Å². The van der Waals surface area contributed by atoms with Crippen LogP contribution in [0.15, 0.2) is 36.4 Å². The van der Waals surface area contributed by atoms with Crippen LogP contribution in [-0.2, 0) is 0 Å². The fourth-order valence-corrected chi connectivity index (χ4v) is 2.53. The minimum absolute atomic E-state index is 0.168. The van der Waals surface area contributed by atoms with E-state index < -0.39 is 0 Å². The Hall–Kier alpha value is -1.68. The zero-order valence-corrected chi connectivity index (χ0v) is 11.2. The molecule has 0 saturated carbocycles. The van der Waals surface area contributed by atoms with Crippen molar-refractivity contribution in [2.45, 2.75) is 44.7 Å². The zero-order chi connectivity index (χ0) is 13.7. The Balaban J connectivity index is 2.10. The van der Waals surface area contributed by atoms with Gasteiger partial charge in [0.1, 0.15) is 0 Å². The molecule has 2 atom stereocenters. The largest absolute Gasteiger partial charge is 0.307 e. The predicted molar refractivity (Wildman–Crippen MR) is 76.0 cm³/mol. The first-order chi connectivity index (χ1) is 9.20. The summed E-state index contributed by atoms with van der Waals surface area (Å²) in [4.78, 5) is 10.5. The van der Waals surface area contributed by atoms with Gasteiger partial charge < -0.3 is 5.32 Å². The molecule has 0 aromatic heterocycles. The van der Waals surface area contributed by atoms with Crippen LogP contribution in [0.1, 0.15) is 44.2 Å². The molecule has 4 nitrogen and oxygen atoms in total. The number of nitrogens with zero attached hydrogens (tertiary/aromatic N) is 1. The first-order valence-electron chi connectivity index (χ1n) is 6.86. The Morgan fingerprint density at radius 2 is 2.32 bits per heavy atom. The number of allylic oxidation sites excluding steroid dienone is 1. The van der Waals surface area contributed by atoms with Crippen LogP contribution >= 0.6 is 0 Å². The molecule has 19 heavy (non-hydrogen) atoms. The van der Waals surface area contributed by atoms with Crippen LogP contribution < -0.4 is 5.32 Å². The molecule has 1 aromatic rings. The number of nitro groups is 1. The second-order valence-corrected chi connectivity index (χ2v) is 4.96. The molecule has 1 aromatic carbocycles. The third-order valence-corrected chi connectivity index (χ3v) is 3.60. The highest BCUT2D eigenvalue weighted by atomic mass is 16.6. The second-order valence-electron chi connectivity index (χ2n) is 4.96. The minimum atomic E-state index is -0.334. The molecule has 4 heteroatoms. The molecule has 2 rings (SSSR count). The van der Waals surface area contributed by atoms with Crippen molar-refractivity contribution in [3.05, 3.63) is 52.1 Å². The first-order valence-corrected chi connectivity index (χ1v) is 6.86. The zero-order valence-electron chi connectivity index (χ0n) is 11.2. The van der Waals surface area contributed by atoms with Crippen LogP contribution in [0, 0.1) is 10.1 Å². The Morgan fingerprint density at radius 1 is 1.47 bits per heavy atom. The number of rotatable bonds is 5. The van der Waals surface area contributed by atoms with E-state index in [2.05, 4.69) is 24.4 Å². The molecular formula is C15H20N2O2. The SMILES string of the molecule is CCC(NC1CC=CCC1)c1cccc([N+](=O)[O-])c1. The normalized spacial score (nSPS) is 20.2. The summed E-state index contributed by atoms with van der Waals surface area (Å²) in [5, 5.41) is 14.4. The van der Waals surface area contributed by atoms with Gasteiger partial charge in [0.25, 0.3) is 5.69 Å². The summed E-state index contributed by atoms with van der Waals surface area (Å²) < 4.78 is 0. The average Bonchev–Trinajstić information content (AvgIpc) is 2.46. The fourth-order valence-electron chi connectivity index (χ4n) is 2.53. The minimum Gasteiger partial charge on any atom is -0.307 e. The lowest BCUT2D eigenvalue weighted by molar-refractivity contribution is -0.384. The van der Waals surface area contributed by atoms with Crippen LogP contribution in [0.5, 0.6) is 0 Å². The molecule has 1 aliphatic carbocycles. The van der Waals surface area contributed by atoms with Crippen molar-refractivity contribution in [2.75, 3.05) is 0 Å². The van der Waals surface area contributed by atoms with Crippen LogP contribution in [0.3, 0.4) is 0 Å². The molecule has 0 bridgehead atoms. The molecule has 0 heterocycles. The number of non-ortho nitro benzene ring substituents is 1. The maximum absolute atomic E-state index is 10.8. The number of benzene rings is 1. The van der Waals surface area contributed by atoms with Crippen LogP contribution in [0.25, 0.3) is 0 Å². The maximum atomic E-state index is 10.8. The van der Waals surface area contributed by atoms with E-state index in [4.69, 9.17) is 0 Å². The van der Waals surface area contributed by atoms with E-state index >= 15 is 0 Å². The first kappa shape index (κ1) is 13.7. The van der Waals surface area contributed by atoms with E-state index in [0.717, 1.165) is 31.2 Å². The fraction of sp³-hybridized carbons (Fsp3) is 0.467. The van der Waals surface area contributed by atoms with Gasteiger partial charge in [-0.3, -0.25) is 10.1 Å². The van der Waals surface area contributed by atoms with Crippen molar-refractivity contribution >= 4 is 5.69 Å². The molecular weight excluding hydrogens is 240 g/mol. The van der Waals surface area contributed by atoms with Crippen molar-refractivity contribution in [1.29, 1.82) is 0 Å². The molecule has 2 unspecified atom stereocenters. The summed E-state index contributed by atoms with van der Waals surface area (Å²) in [6.07, 6.45) is 8.66. The number of nitro benzene ring substituents is 1. The molecule has 0 spiro atoms. The van der Waals surface area contributed by atoms with E-state index in [1.807, 2.05) is 6.07 Å². The summed E-state index contributed by atoms with van der Waals surface area (Å²) in [6.45, 7) is 2.11. The second kappa shape index (κ2) is 6.48. The van der Waals surface area contributed by atoms with Gasteiger partial charge in [0.15, 0.2) is 0 Å². The van der Waals surface area contributed by atoms with Crippen LogP contribution in [-0.4, -0.2) is 11.0 Å². The molecule has 0 fully saturated rings. The van der Waals surface area contributed by atoms with E-state index in [9.17, 15) is 10.1 Å². The van der Waals surface area contributed by atoms with E-state index in [0.29, 0.717) is 6.04 Å². The van der Waals surface area contributed by atoms with E-state index in [1.165, 1.54) is 0 Å². The van der Waals surface area contributed by atoms with Crippen molar-refractivity contribution < 1.29 is 4.92 Å². The van der Waals surface area contributed by atoms with Crippen molar-refractivity contribution in [2.24, 2.45) is 0 Å². The van der Waals surface area contributed by atoms with Gasteiger partial charge >= 0.3 is 0 Å². The van der Waals surface area contributed by atoms with Crippen LogP contribution in [0.2, 0.25) is 0 Å². The Bertz CT molecular complexity index is 471. The maximum Gasteiger partial charge on any atom is 0.269 e. The van der Waals surface area contributed by atoms with Gasteiger partial charge in [-0.2, -0.15) is 0 Å². The van der Waals surface area contributed by atoms with Crippen molar-refractivity contribution in [3.63, 3.8) is 0 Å². The van der Waals surface area contributed by atoms with Crippen LogP contribution in [0.4, 0.5) is 5.69 Å². The quantitative estimate of drug-likeness (QED) is 0.498. The standard InChI is InChI=1S/C15H20N2O2/c1-2-15(16-13-8-4-3-5-9-13)12-7-6-10-14(11-12)17(18)19/h3-4,6-7,10-11,13,15-16H,2,5,8-9H2,1H3. The summed E-state index contributed by atoms with van der Waals surface area (Å²) in [6, 6.07) is 7.62. The number of hydrogen-bond acceptors (Lipinski definition) is 3. The highest BCUT2D eigenvalue weighted by Gasteiger charge is 2.17. The van der Waals surface area contributed by atoms with Gasteiger partial charge in [0.05, 0.1) is 4.92 Å². The average molecular weight is 260 g/mol. The molecule has 0 saturated heterocycles. The van der Waals surface area contributed by atoms with Gasteiger partial charge in [0.2, 0.25) is 0 Å². The monoisotopic (exact) mass is 260 g/mol. The highest BCUT2D eigenvalue weighted by Crippen LogP contribution is 2.24. The summed E-state index contributed by atoms with van der Waals surface area (Å²) >= 11 is 0. The molecule has 0 amide bonds. The third-order valence-electron chi connectivity index (χ3n) is 3.60. The molecule has 1 N–H and O–H groups in total. The number of hydrogen-bond donors (Lipinski definition) is 1. The van der Waals surface area contributed by atoms with Gasteiger partial charge in [0, 0.05) is 24.2 Å². The molecule has 1 aliphatic rings. The summed E-state index contributed by atoms with van der Waals surface area (Å²) in [5.74, 6) is 0. The smallest absolute Gasteiger partial charge is 0.269 e. The topological polar surface area (TPSA) is 55.2 Å². The Labute approximate surface area is 113 Å². The summed E-state index contributed by atoms with van der Waals surface area (Å²) in [5.41, 5.74) is 1.17. The Kier molecular flexibility index (Phi) is 4.68. The Morgan fingerprint density at radius 3 is 2.95 bits per heavy atom. The number of nitrogens with one attached hydrogen (secondary N) is 1. The lowest BCUT2D eigenvalue weighted by Gasteiger charge is -2.26. The highest BCUT2D eigenvalue weighted by molar-refractivity contribution is 5.35. The molecule has 0 aliphatic heterocycles. The van der Waals surface area contributed by atoms with Gasteiger partial charge in [-0.25, -0.2) is 0 Å². The van der Waals surface area contributed by atoms with Gasteiger partial charge in [-0.1, -0.05) is 31.2 Å². The summed E-state index contributed by atoms with van der Waals surface area (Å²) in [7, 11) is 0. The lowest BCUT2D eigenvalue weighted by Crippen LogP contribution is -2.33. The third kappa shape index (κ3) is 3.64. The van der Waals surface area contributed by atoms with E-state index in [1.54, 1.807) is 18.2 Å². The van der Waals surface area contributed by atoms with Gasteiger partial charge in [-0.15, -0.1) is 0 Å². The predicted octanol–water partition coefficient (Wildman–Crippen LogP) is 3.74. The van der Waals surface area contributed by atoms with Gasteiger partial charge in [-0.05, 0) is 31.2 Å². The van der Waals surface area contributed by atoms with Crippen molar-refractivity contribution in [3.8, 4) is 0 Å². The van der Waals surface area contributed by atoms with E-state index in [-0.39, 0.29) is 16.7 Å². The lowest BCUT2D eigenvalue weighted by atomic mass is 9.97. The molecule has 102 valence electrons. The molecule has 0 radical (unpaired) electrons.